The van der Waals surface area contributed by atoms with Crippen LogP contribution >= 0.6 is 0 Å². The molecule has 0 aliphatic carbocycles. The summed E-state index contributed by atoms with van der Waals surface area (Å²) in [6, 6.07) is 10.0. The van der Waals surface area contributed by atoms with E-state index in [4.69, 9.17) is 0 Å². The smallest absolute Gasteiger partial charge is 0.0629 e. The summed E-state index contributed by atoms with van der Waals surface area (Å²) in [6.45, 7) is 6.42. The van der Waals surface area contributed by atoms with Crippen molar-refractivity contribution in [2.45, 2.75) is 33.6 Å². The molecule has 0 radical (unpaired) electrons. The predicted molar refractivity (Wildman–Crippen MR) is 77.0 cm³/mol. The molecule has 17 heavy (non-hydrogen) atoms. The van der Waals surface area contributed by atoms with Crippen molar-refractivity contribution in [2.75, 3.05) is 0 Å². The van der Waals surface area contributed by atoms with E-state index in [2.05, 4.69) is 37.9 Å². The zero-order valence-corrected chi connectivity index (χ0v) is 11.0. The molecule has 1 nitrogen and oxygen atoms in total. The van der Waals surface area contributed by atoms with Crippen LogP contribution in [0.1, 0.15) is 33.6 Å². The molecule has 0 saturated heterocycles. The van der Waals surface area contributed by atoms with Crippen LogP contribution in [0.15, 0.2) is 58.6 Å². The molecule has 0 saturated carbocycles. The Morgan fingerprint density at radius 1 is 1.12 bits per heavy atom. The number of allylic oxidation sites excluding steroid dienone is 4. The van der Waals surface area contributed by atoms with Crippen molar-refractivity contribution in [2.24, 2.45) is 4.99 Å². The Labute approximate surface area is 105 Å². The van der Waals surface area contributed by atoms with Crippen LogP contribution in [-0.2, 0) is 0 Å². The minimum absolute atomic E-state index is 1.00. The molecule has 0 N–H and O–H groups in total. The van der Waals surface area contributed by atoms with Gasteiger partial charge in [-0.2, -0.15) is 0 Å². The fourth-order valence-electron chi connectivity index (χ4n) is 1.44. The average molecular weight is 227 g/mol. The first-order valence-corrected chi connectivity index (χ1v) is 6.06. The number of para-hydroxylation sites is 1. The Morgan fingerprint density at radius 3 is 2.47 bits per heavy atom. The van der Waals surface area contributed by atoms with Gasteiger partial charge in [0, 0.05) is 6.21 Å². The lowest BCUT2D eigenvalue weighted by Gasteiger charge is -1.96. The van der Waals surface area contributed by atoms with Crippen LogP contribution < -0.4 is 0 Å². The standard InChI is InChI=1S/C16H21N/c1-14(2)8-7-9-15(3)12-13-17-16-10-5-4-6-11-16/h4-6,8,10-13H,7,9H2,1-3H3. The van der Waals surface area contributed by atoms with E-state index in [0.717, 1.165) is 18.5 Å². The van der Waals surface area contributed by atoms with Crippen molar-refractivity contribution < 1.29 is 0 Å². The van der Waals surface area contributed by atoms with Crippen LogP contribution in [0.3, 0.4) is 0 Å². The molecule has 1 aromatic rings. The van der Waals surface area contributed by atoms with Gasteiger partial charge in [0.1, 0.15) is 0 Å². The highest BCUT2D eigenvalue weighted by molar-refractivity contribution is 5.75. The summed E-state index contributed by atoms with van der Waals surface area (Å²) >= 11 is 0. The van der Waals surface area contributed by atoms with Gasteiger partial charge in [-0.3, -0.25) is 4.99 Å². The number of benzene rings is 1. The van der Waals surface area contributed by atoms with Gasteiger partial charge < -0.3 is 0 Å². The van der Waals surface area contributed by atoms with Crippen molar-refractivity contribution in [3.63, 3.8) is 0 Å². The quantitative estimate of drug-likeness (QED) is 0.491. The summed E-state index contributed by atoms with van der Waals surface area (Å²) < 4.78 is 0. The Kier molecular flexibility index (Phi) is 6.02. The third kappa shape index (κ3) is 6.52. The van der Waals surface area contributed by atoms with Crippen LogP contribution in [-0.4, -0.2) is 6.21 Å². The molecule has 1 aromatic carbocycles. The molecule has 0 bridgehead atoms. The van der Waals surface area contributed by atoms with Gasteiger partial charge in [-0.25, -0.2) is 0 Å². The number of aliphatic imine (C=N–C) groups is 1. The lowest BCUT2D eigenvalue weighted by molar-refractivity contribution is 0.969. The largest absolute Gasteiger partial charge is 0.257 e. The summed E-state index contributed by atoms with van der Waals surface area (Å²) in [4.78, 5) is 4.37. The second-order valence-corrected chi connectivity index (χ2v) is 4.45. The summed E-state index contributed by atoms with van der Waals surface area (Å²) in [5.74, 6) is 0. The molecule has 0 aliphatic rings. The fraction of sp³-hybridized carbons (Fsp3) is 0.312. The minimum Gasteiger partial charge on any atom is -0.257 e. The van der Waals surface area contributed by atoms with Gasteiger partial charge in [0.25, 0.3) is 0 Å². The van der Waals surface area contributed by atoms with E-state index in [9.17, 15) is 0 Å². The second kappa shape index (κ2) is 7.61. The highest BCUT2D eigenvalue weighted by atomic mass is 14.7. The maximum Gasteiger partial charge on any atom is 0.0629 e. The number of hydrogen-bond donors (Lipinski definition) is 0. The summed E-state index contributed by atoms with van der Waals surface area (Å²) in [5.41, 5.74) is 3.75. The normalized spacial score (nSPS) is 11.8. The first-order chi connectivity index (χ1) is 8.18. The van der Waals surface area contributed by atoms with E-state index < -0.39 is 0 Å². The lowest BCUT2D eigenvalue weighted by Crippen LogP contribution is -1.78. The van der Waals surface area contributed by atoms with E-state index in [1.54, 1.807) is 0 Å². The summed E-state index contributed by atoms with van der Waals surface area (Å²) in [6.07, 6.45) is 8.46. The summed E-state index contributed by atoms with van der Waals surface area (Å²) in [5, 5.41) is 0. The number of hydrogen-bond acceptors (Lipinski definition) is 1. The fourth-order valence-corrected chi connectivity index (χ4v) is 1.44. The van der Waals surface area contributed by atoms with E-state index in [0.29, 0.717) is 0 Å². The third-order valence-corrected chi connectivity index (χ3v) is 2.43. The SMILES string of the molecule is CC(C)=CCCC(C)=CC=Nc1ccccc1. The van der Waals surface area contributed by atoms with Gasteiger partial charge in [-0.15, -0.1) is 0 Å². The van der Waals surface area contributed by atoms with Crippen LogP contribution in [0.4, 0.5) is 5.69 Å². The molecular weight excluding hydrogens is 206 g/mol. The number of rotatable bonds is 5. The van der Waals surface area contributed by atoms with E-state index in [1.165, 1.54) is 11.1 Å². The molecule has 1 heteroatoms. The van der Waals surface area contributed by atoms with Gasteiger partial charge in [-0.05, 0) is 51.8 Å². The maximum absolute atomic E-state index is 4.37. The first kappa shape index (κ1) is 13.4. The van der Waals surface area contributed by atoms with Gasteiger partial charge in [0.2, 0.25) is 0 Å². The molecule has 90 valence electrons. The third-order valence-electron chi connectivity index (χ3n) is 2.43. The van der Waals surface area contributed by atoms with E-state index in [1.807, 2.05) is 36.5 Å². The zero-order valence-electron chi connectivity index (χ0n) is 11.0. The molecule has 0 heterocycles. The van der Waals surface area contributed by atoms with Gasteiger partial charge in [-0.1, -0.05) is 35.4 Å². The predicted octanol–water partition coefficient (Wildman–Crippen LogP) is 5.08. The monoisotopic (exact) mass is 227 g/mol. The Hall–Kier alpha value is -1.63. The van der Waals surface area contributed by atoms with Crippen LogP contribution in [0.5, 0.6) is 0 Å². The highest BCUT2D eigenvalue weighted by Gasteiger charge is 1.87. The molecule has 0 amide bonds. The van der Waals surface area contributed by atoms with Crippen molar-refractivity contribution in [1.29, 1.82) is 0 Å². The minimum atomic E-state index is 1.00. The molecule has 0 fully saturated rings. The molecule has 0 atom stereocenters. The van der Waals surface area contributed by atoms with Crippen molar-refractivity contribution in [3.05, 3.63) is 53.6 Å². The van der Waals surface area contributed by atoms with Crippen LogP contribution in [0, 0.1) is 0 Å². The van der Waals surface area contributed by atoms with Gasteiger partial charge in [0.05, 0.1) is 5.69 Å². The summed E-state index contributed by atoms with van der Waals surface area (Å²) in [7, 11) is 0. The van der Waals surface area contributed by atoms with Gasteiger partial charge >= 0.3 is 0 Å². The molecular formula is C16H21N. The first-order valence-electron chi connectivity index (χ1n) is 6.06. The van der Waals surface area contributed by atoms with Crippen molar-refractivity contribution >= 4 is 11.9 Å². The average Bonchev–Trinajstić information content (AvgIpc) is 2.30. The highest BCUT2D eigenvalue weighted by Crippen LogP contribution is 2.09. The maximum atomic E-state index is 4.37. The van der Waals surface area contributed by atoms with Crippen molar-refractivity contribution in [3.8, 4) is 0 Å². The van der Waals surface area contributed by atoms with Gasteiger partial charge in [0.15, 0.2) is 0 Å². The van der Waals surface area contributed by atoms with Crippen LogP contribution in [0.25, 0.3) is 0 Å². The lowest BCUT2D eigenvalue weighted by atomic mass is 10.1. The van der Waals surface area contributed by atoms with Crippen LogP contribution in [0.2, 0.25) is 0 Å². The molecule has 0 unspecified atom stereocenters. The topological polar surface area (TPSA) is 12.4 Å². The molecule has 0 aliphatic heterocycles. The second-order valence-electron chi connectivity index (χ2n) is 4.45. The van der Waals surface area contributed by atoms with Crippen molar-refractivity contribution in [1.82, 2.24) is 0 Å². The zero-order chi connectivity index (χ0) is 12.5. The Balaban J connectivity index is 2.42. The van der Waals surface area contributed by atoms with E-state index in [-0.39, 0.29) is 0 Å². The molecule has 0 aromatic heterocycles. The molecule has 1 rings (SSSR count). The van der Waals surface area contributed by atoms with E-state index >= 15 is 0 Å². The Morgan fingerprint density at radius 2 is 1.82 bits per heavy atom. The Bertz CT molecular complexity index is 406. The number of nitrogens with zero attached hydrogens (tertiary/aromatic N) is 1. The molecule has 0 spiro atoms.